The molecule has 2 rings (SSSR count). The quantitative estimate of drug-likeness (QED) is 0.908. The zero-order chi connectivity index (χ0) is 17.2. The van der Waals surface area contributed by atoms with Gasteiger partial charge in [-0.3, -0.25) is 4.79 Å². The minimum atomic E-state index is -1.74. The van der Waals surface area contributed by atoms with Crippen molar-refractivity contribution in [3.05, 3.63) is 70.5 Å². The summed E-state index contributed by atoms with van der Waals surface area (Å²) in [7, 11) is 0. The Morgan fingerprint density at radius 3 is 2.39 bits per heavy atom. The maximum absolute atomic E-state index is 13.7. The molecule has 0 bridgehead atoms. The normalized spacial score (nSPS) is 13.5. The number of nitrogens with one attached hydrogen (secondary N) is 1. The lowest BCUT2D eigenvalue weighted by Gasteiger charge is -2.25. The second kappa shape index (κ2) is 6.42. The molecule has 1 amide bonds. The van der Waals surface area contributed by atoms with Gasteiger partial charge in [0.15, 0.2) is 0 Å². The molecule has 1 unspecified atom stereocenters. The molecule has 0 radical (unpaired) electrons. The van der Waals surface area contributed by atoms with Crippen molar-refractivity contribution < 1.29 is 23.1 Å². The zero-order valence-corrected chi connectivity index (χ0v) is 12.7. The van der Waals surface area contributed by atoms with Crippen LogP contribution in [0.3, 0.4) is 0 Å². The number of carbonyl (C=O) groups is 1. The van der Waals surface area contributed by atoms with E-state index in [0.717, 1.165) is 18.2 Å². The number of hydrogen-bond acceptors (Lipinski definition) is 2. The molecular weight excluding hydrogens is 307 g/mol. The van der Waals surface area contributed by atoms with Gasteiger partial charge in [0, 0.05) is 17.2 Å². The van der Waals surface area contributed by atoms with Gasteiger partial charge in [-0.15, -0.1) is 0 Å². The molecule has 23 heavy (non-hydrogen) atoms. The van der Waals surface area contributed by atoms with Gasteiger partial charge in [0.25, 0.3) is 5.91 Å². The van der Waals surface area contributed by atoms with Crippen molar-refractivity contribution in [2.24, 2.45) is 0 Å². The summed E-state index contributed by atoms with van der Waals surface area (Å²) in [6.07, 6.45) is 0. The topological polar surface area (TPSA) is 49.3 Å². The van der Waals surface area contributed by atoms with Gasteiger partial charge in [0.1, 0.15) is 23.1 Å². The van der Waals surface area contributed by atoms with E-state index in [2.05, 4.69) is 5.32 Å². The van der Waals surface area contributed by atoms with Crippen molar-refractivity contribution in [2.75, 3.05) is 6.54 Å². The highest BCUT2D eigenvalue weighted by Crippen LogP contribution is 2.23. The number of benzene rings is 2. The average molecular weight is 323 g/mol. The van der Waals surface area contributed by atoms with Gasteiger partial charge in [-0.05, 0) is 37.6 Å². The van der Waals surface area contributed by atoms with Crippen LogP contribution in [0.15, 0.2) is 36.4 Å². The van der Waals surface area contributed by atoms with Crippen LogP contribution in [-0.2, 0) is 5.60 Å². The van der Waals surface area contributed by atoms with Gasteiger partial charge < -0.3 is 10.4 Å². The van der Waals surface area contributed by atoms with E-state index in [9.17, 15) is 23.1 Å². The summed E-state index contributed by atoms with van der Waals surface area (Å²) < 4.78 is 39.9. The summed E-state index contributed by atoms with van der Waals surface area (Å²) in [5.41, 5.74) is -1.19. The minimum Gasteiger partial charge on any atom is -0.383 e. The smallest absolute Gasteiger partial charge is 0.251 e. The maximum Gasteiger partial charge on any atom is 0.251 e. The van der Waals surface area contributed by atoms with Crippen molar-refractivity contribution in [3.63, 3.8) is 0 Å². The van der Waals surface area contributed by atoms with E-state index >= 15 is 0 Å². The van der Waals surface area contributed by atoms with Crippen LogP contribution in [0.1, 0.15) is 28.4 Å². The van der Waals surface area contributed by atoms with Crippen molar-refractivity contribution in [1.82, 2.24) is 5.32 Å². The molecule has 1 atom stereocenters. The fourth-order valence-corrected chi connectivity index (χ4v) is 2.21. The highest BCUT2D eigenvalue weighted by Gasteiger charge is 2.28. The van der Waals surface area contributed by atoms with Crippen LogP contribution in [0, 0.1) is 24.4 Å². The summed E-state index contributed by atoms with van der Waals surface area (Å²) >= 11 is 0. The summed E-state index contributed by atoms with van der Waals surface area (Å²) in [5, 5.41) is 12.8. The van der Waals surface area contributed by atoms with Crippen LogP contribution in [0.2, 0.25) is 0 Å². The van der Waals surface area contributed by atoms with E-state index in [4.69, 9.17) is 0 Å². The van der Waals surface area contributed by atoms with E-state index in [0.29, 0.717) is 11.6 Å². The van der Waals surface area contributed by atoms with Crippen LogP contribution in [0.5, 0.6) is 0 Å². The zero-order valence-electron chi connectivity index (χ0n) is 12.7. The van der Waals surface area contributed by atoms with Crippen molar-refractivity contribution in [3.8, 4) is 0 Å². The molecule has 2 aromatic rings. The Labute approximate surface area is 131 Å². The van der Waals surface area contributed by atoms with Crippen LogP contribution in [-0.4, -0.2) is 17.6 Å². The number of amides is 1. The van der Waals surface area contributed by atoms with Gasteiger partial charge in [-0.25, -0.2) is 13.2 Å². The largest absolute Gasteiger partial charge is 0.383 e. The number of rotatable bonds is 4. The fourth-order valence-electron chi connectivity index (χ4n) is 2.21. The number of aryl methyl sites for hydroxylation is 1. The van der Waals surface area contributed by atoms with Gasteiger partial charge >= 0.3 is 0 Å². The Kier molecular flexibility index (Phi) is 4.75. The molecule has 2 N–H and O–H groups in total. The first-order valence-corrected chi connectivity index (χ1v) is 6.93. The molecular formula is C17H16F3NO2. The predicted octanol–water partition coefficient (Wildman–Crippen LogP) is 3.05. The Hall–Kier alpha value is -2.34. The van der Waals surface area contributed by atoms with Crippen LogP contribution >= 0.6 is 0 Å². The Morgan fingerprint density at radius 2 is 1.74 bits per heavy atom. The van der Waals surface area contributed by atoms with E-state index < -0.39 is 29.0 Å². The molecule has 0 saturated carbocycles. The fraction of sp³-hybridized carbons (Fsp3) is 0.235. The Balaban J connectivity index is 2.15. The van der Waals surface area contributed by atoms with Crippen LogP contribution in [0.25, 0.3) is 0 Å². The lowest BCUT2D eigenvalue weighted by molar-refractivity contribution is 0.0494. The molecule has 6 heteroatoms. The molecule has 2 aromatic carbocycles. The van der Waals surface area contributed by atoms with E-state index in [1.807, 2.05) is 0 Å². The lowest BCUT2D eigenvalue weighted by Crippen LogP contribution is -2.39. The third-order valence-corrected chi connectivity index (χ3v) is 3.55. The van der Waals surface area contributed by atoms with Gasteiger partial charge in [0.05, 0.1) is 6.54 Å². The second-order valence-corrected chi connectivity index (χ2v) is 5.54. The maximum atomic E-state index is 13.7. The highest BCUT2D eigenvalue weighted by atomic mass is 19.1. The molecule has 0 aliphatic carbocycles. The van der Waals surface area contributed by atoms with Crippen molar-refractivity contribution in [1.29, 1.82) is 0 Å². The first-order chi connectivity index (χ1) is 10.7. The Morgan fingerprint density at radius 1 is 1.13 bits per heavy atom. The molecule has 3 nitrogen and oxygen atoms in total. The van der Waals surface area contributed by atoms with E-state index in [1.54, 1.807) is 6.92 Å². The molecule has 0 aliphatic rings. The summed E-state index contributed by atoms with van der Waals surface area (Å²) in [4.78, 5) is 12.1. The van der Waals surface area contributed by atoms with Crippen molar-refractivity contribution in [2.45, 2.75) is 19.4 Å². The third kappa shape index (κ3) is 3.90. The van der Waals surface area contributed by atoms with E-state index in [1.165, 1.54) is 19.1 Å². The molecule has 0 fully saturated rings. The molecule has 0 aliphatic heterocycles. The molecule has 122 valence electrons. The molecule has 0 saturated heterocycles. The third-order valence-electron chi connectivity index (χ3n) is 3.55. The second-order valence-electron chi connectivity index (χ2n) is 5.54. The first kappa shape index (κ1) is 17.0. The van der Waals surface area contributed by atoms with Crippen LogP contribution in [0.4, 0.5) is 13.2 Å². The number of hydrogen-bond donors (Lipinski definition) is 2. The standard InChI is InChI=1S/C17H16F3NO2/c1-10-3-4-11(18)7-13(10)16(22)21-9-17(2,23)14-6-5-12(19)8-15(14)20/h3-8,23H,9H2,1-2H3,(H,21,22). The van der Waals surface area contributed by atoms with Gasteiger partial charge in [-0.2, -0.15) is 0 Å². The number of halogens is 3. The predicted molar refractivity (Wildman–Crippen MR) is 79.4 cm³/mol. The van der Waals surface area contributed by atoms with Crippen LogP contribution < -0.4 is 5.32 Å². The lowest BCUT2D eigenvalue weighted by atomic mass is 9.95. The highest BCUT2D eigenvalue weighted by molar-refractivity contribution is 5.95. The van der Waals surface area contributed by atoms with Gasteiger partial charge in [0.2, 0.25) is 0 Å². The number of carbonyl (C=O) groups excluding carboxylic acids is 1. The van der Waals surface area contributed by atoms with E-state index in [-0.39, 0.29) is 17.7 Å². The molecule has 0 aromatic heterocycles. The summed E-state index contributed by atoms with van der Waals surface area (Å²) in [6.45, 7) is 2.62. The SMILES string of the molecule is Cc1ccc(F)cc1C(=O)NCC(C)(O)c1ccc(F)cc1F. The molecule has 0 spiro atoms. The average Bonchev–Trinajstić information content (AvgIpc) is 2.47. The summed E-state index contributed by atoms with van der Waals surface area (Å²) in [5.74, 6) is -2.82. The minimum absolute atomic E-state index is 0.125. The first-order valence-electron chi connectivity index (χ1n) is 6.93. The van der Waals surface area contributed by atoms with Crippen molar-refractivity contribution >= 4 is 5.91 Å². The van der Waals surface area contributed by atoms with Gasteiger partial charge in [-0.1, -0.05) is 12.1 Å². The Bertz CT molecular complexity index is 745. The summed E-state index contributed by atoms with van der Waals surface area (Å²) in [6, 6.07) is 6.56. The number of aliphatic hydroxyl groups is 1. The molecule has 0 heterocycles. The monoisotopic (exact) mass is 323 g/mol.